The standard InChI is InChI=1S/C13H9BrF2N2O/c14-11-6-10(17)1-2-12(11)18-13(19)7-3-8(15)5-9(16)4-7/h1-6H,17H2,(H,18,19). The Kier molecular flexibility index (Phi) is 3.80. The molecule has 6 heteroatoms. The minimum absolute atomic E-state index is 0.0961. The van der Waals surface area contributed by atoms with E-state index in [9.17, 15) is 13.6 Å². The maximum atomic E-state index is 13.0. The van der Waals surface area contributed by atoms with Crippen molar-refractivity contribution >= 4 is 33.2 Å². The third-order valence-corrected chi connectivity index (χ3v) is 3.02. The van der Waals surface area contributed by atoms with Crippen molar-refractivity contribution < 1.29 is 13.6 Å². The van der Waals surface area contributed by atoms with E-state index in [-0.39, 0.29) is 5.56 Å². The Morgan fingerprint density at radius 2 is 1.74 bits per heavy atom. The molecule has 0 saturated carbocycles. The number of anilines is 2. The number of hydrogen-bond acceptors (Lipinski definition) is 2. The van der Waals surface area contributed by atoms with Crippen molar-refractivity contribution in [1.82, 2.24) is 0 Å². The first-order valence-electron chi connectivity index (χ1n) is 5.28. The van der Waals surface area contributed by atoms with Gasteiger partial charge in [0.05, 0.1) is 5.69 Å². The van der Waals surface area contributed by atoms with Crippen LogP contribution in [0, 0.1) is 11.6 Å². The second-order valence-corrected chi connectivity index (χ2v) is 4.71. The Morgan fingerprint density at radius 3 is 2.32 bits per heavy atom. The number of rotatable bonds is 2. The van der Waals surface area contributed by atoms with E-state index in [1.165, 1.54) is 0 Å². The van der Waals surface area contributed by atoms with Crippen LogP contribution in [0.5, 0.6) is 0 Å². The smallest absolute Gasteiger partial charge is 0.255 e. The molecule has 2 aromatic rings. The second kappa shape index (κ2) is 5.36. The van der Waals surface area contributed by atoms with Gasteiger partial charge in [-0.15, -0.1) is 0 Å². The molecule has 0 spiro atoms. The summed E-state index contributed by atoms with van der Waals surface area (Å²) in [6.45, 7) is 0. The van der Waals surface area contributed by atoms with Crippen LogP contribution in [0.15, 0.2) is 40.9 Å². The van der Waals surface area contributed by atoms with Crippen LogP contribution in [0.4, 0.5) is 20.2 Å². The average Bonchev–Trinajstić information content (AvgIpc) is 2.31. The van der Waals surface area contributed by atoms with Gasteiger partial charge in [-0.2, -0.15) is 0 Å². The quantitative estimate of drug-likeness (QED) is 0.829. The molecular formula is C13H9BrF2N2O. The van der Waals surface area contributed by atoms with Crippen molar-refractivity contribution in [1.29, 1.82) is 0 Å². The number of nitrogen functional groups attached to an aromatic ring is 1. The second-order valence-electron chi connectivity index (χ2n) is 3.85. The summed E-state index contributed by atoms with van der Waals surface area (Å²) in [5, 5.41) is 2.53. The molecule has 0 bridgehead atoms. The molecule has 0 radical (unpaired) electrons. The lowest BCUT2D eigenvalue weighted by Crippen LogP contribution is -2.13. The molecule has 98 valence electrons. The average molecular weight is 327 g/mol. The highest BCUT2D eigenvalue weighted by atomic mass is 79.9. The van der Waals surface area contributed by atoms with Crippen LogP contribution in [-0.4, -0.2) is 5.91 Å². The number of nitrogens with two attached hydrogens (primary N) is 1. The Balaban J connectivity index is 2.25. The highest BCUT2D eigenvalue weighted by Crippen LogP contribution is 2.25. The maximum absolute atomic E-state index is 13.0. The summed E-state index contributed by atoms with van der Waals surface area (Å²) >= 11 is 3.23. The minimum Gasteiger partial charge on any atom is -0.399 e. The van der Waals surface area contributed by atoms with Gasteiger partial charge in [-0.3, -0.25) is 4.79 Å². The largest absolute Gasteiger partial charge is 0.399 e. The van der Waals surface area contributed by atoms with Crippen LogP contribution in [0.2, 0.25) is 0 Å². The Morgan fingerprint density at radius 1 is 1.11 bits per heavy atom. The molecule has 0 atom stereocenters. The van der Waals surface area contributed by atoms with Gasteiger partial charge in [0.15, 0.2) is 0 Å². The van der Waals surface area contributed by atoms with Crippen LogP contribution >= 0.6 is 15.9 Å². The van der Waals surface area contributed by atoms with Crippen molar-refractivity contribution in [2.24, 2.45) is 0 Å². The first-order chi connectivity index (χ1) is 8.95. The molecule has 0 heterocycles. The third kappa shape index (κ3) is 3.29. The molecule has 0 unspecified atom stereocenters. The molecule has 0 fully saturated rings. The topological polar surface area (TPSA) is 55.1 Å². The van der Waals surface area contributed by atoms with Crippen LogP contribution in [-0.2, 0) is 0 Å². The predicted octanol–water partition coefficient (Wildman–Crippen LogP) is 3.56. The zero-order valence-electron chi connectivity index (χ0n) is 9.58. The Labute approximate surface area is 116 Å². The van der Waals surface area contributed by atoms with Gasteiger partial charge >= 0.3 is 0 Å². The Hall–Kier alpha value is -1.95. The van der Waals surface area contributed by atoms with E-state index in [1.807, 2.05) is 0 Å². The van der Waals surface area contributed by atoms with E-state index in [2.05, 4.69) is 21.2 Å². The van der Waals surface area contributed by atoms with Crippen molar-refractivity contribution in [2.75, 3.05) is 11.1 Å². The molecule has 3 N–H and O–H groups in total. The predicted molar refractivity (Wildman–Crippen MR) is 72.9 cm³/mol. The lowest BCUT2D eigenvalue weighted by Gasteiger charge is -2.08. The molecule has 0 aliphatic heterocycles. The number of nitrogens with one attached hydrogen (secondary N) is 1. The summed E-state index contributed by atoms with van der Waals surface area (Å²) in [6.07, 6.45) is 0. The highest BCUT2D eigenvalue weighted by molar-refractivity contribution is 9.10. The molecule has 1 amide bonds. The maximum Gasteiger partial charge on any atom is 0.255 e. The zero-order valence-corrected chi connectivity index (χ0v) is 11.2. The highest BCUT2D eigenvalue weighted by Gasteiger charge is 2.11. The van der Waals surface area contributed by atoms with E-state index < -0.39 is 17.5 Å². The fourth-order valence-electron chi connectivity index (χ4n) is 1.51. The number of carbonyl (C=O) groups excluding carboxylic acids is 1. The number of hydrogen-bond donors (Lipinski definition) is 2. The van der Waals surface area contributed by atoms with Crippen molar-refractivity contribution in [3.8, 4) is 0 Å². The third-order valence-electron chi connectivity index (χ3n) is 2.37. The normalized spacial score (nSPS) is 10.3. The summed E-state index contributed by atoms with van der Waals surface area (Å²) in [5.41, 5.74) is 6.46. The molecule has 0 saturated heterocycles. The van der Waals surface area contributed by atoms with Gasteiger partial charge in [-0.05, 0) is 46.3 Å². The molecular weight excluding hydrogens is 318 g/mol. The summed E-state index contributed by atoms with van der Waals surface area (Å²) in [6, 6.07) is 7.43. The number of halogens is 3. The molecule has 0 aliphatic carbocycles. The SMILES string of the molecule is Nc1ccc(NC(=O)c2cc(F)cc(F)c2)c(Br)c1. The summed E-state index contributed by atoms with van der Waals surface area (Å²) in [4.78, 5) is 11.9. The molecule has 3 nitrogen and oxygen atoms in total. The monoisotopic (exact) mass is 326 g/mol. The fourth-order valence-corrected chi connectivity index (χ4v) is 2.01. The van der Waals surface area contributed by atoms with Gasteiger partial charge in [-0.25, -0.2) is 8.78 Å². The van der Waals surface area contributed by atoms with Crippen molar-refractivity contribution in [3.63, 3.8) is 0 Å². The number of amides is 1. The van der Waals surface area contributed by atoms with Gasteiger partial charge in [0.2, 0.25) is 0 Å². The molecule has 0 aliphatic rings. The lowest BCUT2D eigenvalue weighted by molar-refractivity contribution is 0.102. The zero-order chi connectivity index (χ0) is 14.0. The van der Waals surface area contributed by atoms with E-state index in [4.69, 9.17) is 5.73 Å². The van der Waals surface area contributed by atoms with E-state index >= 15 is 0 Å². The van der Waals surface area contributed by atoms with E-state index in [0.717, 1.165) is 12.1 Å². The van der Waals surface area contributed by atoms with Crippen LogP contribution in [0.3, 0.4) is 0 Å². The Bertz CT molecular complexity index is 626. The summed E-state index contributed by atoms with van der Waals surface area (Å²) < 4.78 is 26.6. The van der Waals surface area contributed by atoms with Gasteiger partial charge in [0.25, 0.3) is 5.91 Å². The first kappa shape index (κ1) is 13.5. The van der Waals surface area contributed by atoms with E-state index in [1.54, 1.807) is 18.2 Å². The number of carbonyl (C=O) groups is 1. The van der Waals surface area contributed by atoms with Gasteiger partial charge in [0, 0.05) is 21.8 Å². The van der Waals surface area contributed by atoms with Crippen molar-refractivity contribution in [3.05, 3.63) is 58.1 Å². The van der Waals surface area contributed by atoms with Gasteiger partial charge in [-0.1, -0.05) is 0 Å². The van der Waals surface area contributed by atoms with Gasteiger partial charge < -0.3 is 11.1 Å². The minimum atomic E-state index is -0.804. The van der Waals surface area contributed by atoms with Crippen molar-refractivity contribution in [2.45, 2.75) is 0 Å². The van der Waals surface area contributed by atoms with Crippen LogP contribution in [0.1, 0.15) is 10.4 Å². The van der Waals surface area contributed by atoms with E-state index in [0.29, 0.717) is 21.9 Å². The summed E-state index contributed by atoms with van der Waals surface area (Å²) in [7, 11) is 0. The summed E-state index contributed by atoms with van der Waals surface area (Å²) in [5.74, 6) is -2.22. The molecule has 19 heavy (non-hydrogen) atoms. The molecule has 2 rings (SSSR count). The molecule has 2 aromatic carbocycles. The number of benzene rings is 2. The van der Waals surface area contributed by atoms with Crippen LogP contribution < -0.4 is 11.1 Å². The van der Waals surface area contributed by atoms with Crippen LogP contribution in [0.25, 0.3) is 0 Å². The lowest BCUT2D eigenvalue weighted by atomic mass is 10.2. The first-order valence-corrected chi connectivity index (χ1v) is 6.07. The van der Waals surface area contributed by atoms with Gasteiger partial charge in [0.1, 0.15) is 11.6 Å². The molecule has 0 aromatic heterocycles. The fraction of sp³-hybridized carbons (Fsp3) is 0.